The zero-order valence-electron chi connectivity index (χ0n) is 15.4. The standard InChI is InChI=1S/C20H34O3/c1-15(2)20-13-11-18(4,21)10-6-7-16(3)8-9-17(23-20)19(5,22)12-14-20/h7,11,13,15,17,21-22H,6,8-10,12,14H2,1-5H3/b13-11+,16-7+/t17-,18+,19-,20-/m0/s1. The van der Waals surface area contributed by atoms with Gasteiger partial charge in [0, 0.05) is 0 Å². The van der Waals surface area contributed by atoms with Gasteiger partial charge in [-0.15, -0.1) is 0 Å². The van der Waals surface area contributed by atoms with Gasteiger partial charge in [-0.2, -0.15) is 0 Å². The molecule has 2 aliphatic rings. The van der Waals surface area contributed by atoms with Crippen LogP contribution in [0.5, 0.6) is 0 Å². The van der Waals surface area contributed by atoms with E-state index in [1.165, 1.54) is 5.57 Å². The molecule has 2 rings (SSSR count). The van der Waals surface area contributed by atoms with E-state index in [9.17, 15) is 10.2 Å². The van der Waals surface area contributed by atoms with Gasteiger partial charge in [0.25, 0.3) is 0 Å². The Balaban J connectivity index is 2.37. The zero-order valence-corrected chi connectivity index (χ0v) is 15.4. The number of fused-ring (bicyclic) bond motifs is 2. The molecule has 0 saturated carbocycles. The van der Waals surface area contributed by atoms with Crippen LogP contribution in [-0.2, 0) is 4.74 Å². The molecular weight excluding hydrogens is 288 g/mol. The average Bonchev–Trinajstić information content (AvgIpc) is 2.43. The first-order chi connectivity index (χ1) is 10.6. The molecule has 1 fully saturated rings. The normalized spacial score (nSPS) is 46.4. The summed E-state index contributed by atoms with van der Waals surface area (Å²) < 4.78 is 6.49. The summed E-state index contributed by atoms with van der Waals surface area (Å²) in [6.45, 7) is 10.2. The Hall–Kier alpha value is -0.640. The van der Waals surface area contributed by atoms with Crippen LogP contribution >= 0.6 is 0 Å². The summed E-state index contributed by atoms with van der Waals surface area (Å²) in [5, 5.41) is 21.4. The van der Waals surface area contributed by atoms with Crippen molar-refractivity contribution in [1.82, 2.24) is 0 Å². The minimum atomic E-state index is -0.823. The van der Waals surface area contributed by atoms with Crippen LogP contribution in [0.3, 0.4) is 0 Å². The summed E-state index contributed by atoms with van der Waals surface area (Å²) in [6.07, 6.45) is 10.9. The van der Waals surface area contributed by atoms with Gasteiger partial charge in [0.05, 0.1) is 22.9 Å². The van der Waals surface area contributed by atoms with Crippen LogP contribution in [0.2, 0.25) is 0 Å². The third kappa shape index (κ3) is 4.46. The molecule has 2 heterocycles. The number of hydrogen-bond acceptors (Lipinski definition) is 3. The molecule has 0 amide bonds. The summed E-state index contributed by atoms with van der Waals surface area (Å²) in [4.78, 5) is 0. The van der Waals surface area contributed by atoms with Crippen molar-refractivity contribution in [3.8, 4) is 0 Å². The highest BCUT2D eigenvalue weighted by molar-refractivity contribution is 5.14. The number of rotatable bonds is 1. The van der Waals surface area contributed by atoms with Crippen molar-refractivity contribution in [1.29, 1.82) is 0 Å². The van der Waals surface area contributed by atoms with Crippen LogP contribution < -0.4 is 0 Å². The number of allylic oxidation sites excluding steroid dienone is 2. The molecule has 0 aliphatic carbocycles. The Kier molecular flexibility index (Phi) is 5.44. The fraction of sp³-hybridized carbons (Fsp3) is 0.800. The van der Waals surface area contributed by atoms with Gasteiger partial charge in [-0.25, -0.2) is 0 Å². The molecule has 0 unspecified atom stereocenters. The highest BCUT2D eigenvalue weighted by Crippen LogP contribution is 2.42. The molecule has 23 heavy (non-hydrogen) atoms. The predicted molar refractivity (Wildman–Crippen MR) is 94.3 cm³/mol. The predicted octanol–water partition coefficient (Wildman–Crippen LogP) is 4.14. The lowest BCUT2D eigenvalue weighted by atomic mass is 9.75. The van der Waals surface area contributed by atoms with E-state index in [-0.39, 0.29) is 6.10 Å². The van der Waals surface area contributed by atoms with Gasteiger partial charge >= 0.3 is 0 Å². The molecule has 2 N–H and O–H groups in total. The molecule has 0 aromatic heterocycles. The first kappa shape index (κ1) is 18.7. The van der Waals surface area contributed by atoms with Gasteiger partial charge in [0.2, 0.25) is 0 Å². The summed E-state index contributed by atoms with van der Waals surface area (Å²) in [5.74, 6) is 0.299. The Bertz CT molecular complexity index is 473. The van der Waals surface area contributed by atoms with E-state index in [1.54, 1.807) is 0 Å². The van der Waals surface area contributed by atoms with E-state index in [4.69, 9.17) is 4.74 Å². The van der Waals surface area contributed by atoms with Gasteiger partial charge in [-0.05, 0) is 65.2 Å². The van der Waals surface area contributed by atoms with Crippen LogP contribution in [0.15, 0.2) is 23.8 Å². The summed E-state index contributed by atoms with van der Waals surface area (Å²) in [7, 11) is 0. The second kappa shape index (κ2) is 6.70. The fourth-order valence-electron chi connectivity index (χ4n) is 3.65. The molecule has 0 spiro atoms. The highest BCUT2D eigenvalue weighted by atomic mass is 16.5. The highest BCUT2D eigenvalue weighted by Gasteiger charge is 2.47. The van der Waals surface area contributed by atoms with Crippen molar-refractivity contribution in [2.75, 3.05) is 0 Å². The Morgan fingerprint density at radius 1 is 1.13 bits per heavy atom. The summed E-state index contributed by atoms with van der Waals surface area (Å²) in [5.41, 5.74) is -0.686. The van der Waals surface area contributed by atoms with E-state index in [0.29, 0.717) is 5.92 Å². The third-order valence-corrected chi connectivity index (χ3v) is 5.72. The minimum absolute atomic E-state index is 0.170. The molecule has 0 radical (unpaired) electrons. The van der Waals surface area contributed by atoms with Crippen molar-refractivity contribution in [2.24, 2.45) is 5.92 Å². The van der Waals surface area contributed by atoms with Crippen LogP contribution in [0, 0.1) is 5.92 Å². The van der Waals surface area contributed by atoms with E-state index in [0.717, 1.165) is 38.5 Å². The van der Waals surface area contributed by atoms with Crippen molar-refractivity contribution in [2.45, 2.75) is 96.1 Å². The Morgan fingerprint density at radius 3 is 2.48 bits per heavy atom. The number of hydrogen-bond donors (Lipinski definition) is 2. The molecule has 1 saturated heterocycles. The van der Waals surface area contributed by atoms with Gasteiger partial charge in [0.15, 0.2) is 0 Å². The number of aliphatic hydroxyl groups is 2. The van der Waals surface area contributed by atoms with Crippen LogP contribution in [0.25, 0.3) is 0 Å². The van der Waals surface area contributed by atoms with Crippen molar-refractivity contribution in [3.05, 3.63) is 23.8 Å². The summed E-state index contributed by atoms with van der Waals surface area (Å²) in [6, 6.07) is 0. The topological polar surface area (TPSA) is 49.7 Å². The molecule has 4 atom stereocenters. The minimum Gasteiger partial charge on any atom is -0.387 e. The second-order valence-electron chi connectivity index (χ2n) is 8.39. The largest absolute Gasteiger partial charge is 0.387 e. The molecule has 0 aromatic carbocycles. The van der Waals surface area contributed by atoms with Gasteiger partial charge in [-0.3, -0.25) is 0 Å². The van der Waals surface area contributed by atoms with E-state index >= 15 is 0 Å². The van der Waals surface area contributed by atoms with Crippen LogP contribution in [0.4, 0.5) is 0 Å². The first-order valence-electron chi connectivity index (χ1n) is 9.05. The lowest BCUT2D eigenvalue weighted by Gasteiger charge is -2.49. The van der Waals surface area contributed by atoms with Gasteiger partial charge in [0.1, 0.15) is 0 Å². The zero-order chi connectivity index (χ0) is 17.3. The second-order valence-corrected chi connectivity index (χ2v) is 8.39. The number of ether oxygens (including phenoxy) is 1. The van der Waals surface area contributed by atoms with Gasteiger partial charge in [-0.1, -0.05) is 37.6 Å². The van der Waals surface area contributed by atoms with E-state index in [1.807, 2.05) is 19.9 Å². The SMILES string of the molecule is C/C1=C\CC[C@@](C)(O)/C=C/[C@@]2(C(C)C)CC[C@](C)(O)[C@H](CC1)O2. The van der Waals surface area contributed by atoms with E-state index < -0.39 is 16.8 Å². The van der Waals surface area contributed by atoms with Crippen LogP contribution in [-0.4, -0.2) is 33.1 Å². The smallest absolute Gasteiger partial charge is 0.0892 e. The van der Waals surface area contributed by atoms with Crippen molar-refractivity contribution < 1.29 is 14.9 Å². The van der Waals surface area contributed by atoms with Crippen LogP contribution in [0.1, 0.15) is 73.1 Å². The molecule has 2 aliphatic heterocycles. The molecule has 0 aromatic rings. The molecule has 132 valence electrons. The molecule has 3 nitrogen and oxygen atoms in total. The maximum Gasteiger partial charge on any atom is 0.0892 e. The Morgan fingerprint density at radius 2 is 1.83 bits per heavy atom. The van der Waals surface area contributed by atoms with Crippen molar-refractivity contribution >= 4 is 0 Å². The lowest BCUT2D eigenvalue weighted by molar-refractivity contribution is -0.210. The molecule has 3 heteroatoms. The quantitative estimate of drug-likeness (QED) is 0.713. The maximum atomic E-state index is 10.8. The first-order valence-corrected chi connectivity index (χ1v) is 9.05. The monoisotopic (exact) mass is 322 g/mol. The van der Waals surface area contributed by atoms with E-state index in [2.05, 4.69) is 32.9 Å². The Labute approximate surface area is 141 Å². The summed E-state index contributed by atoms with van der Waals surface area (Å²) >= 11 is 0. The maximum absolute atomic E-state index is 10.8. The van der Waals surface area contributed by atoms with Crippen molar-refractivity contribution in [3.63, 3.8) is 0 Å². The molecule has 2 bridgehead atoms. The third-order valence-electron chi connectivity index (χ3n) is 5.72. The average molecular weight is 322 g/mol. The fourth-order valence-corrected chi connectivity index (χ4v) is 3.65. The van der Waals surface area contributed by atoms with Gasteiger partial charge < -0.3 is 14.9 Å². The molecular formula is C20H34O3. The lowest BCUT2D eigenvalue weighted by Crippen LogP contribution is -2.55.